The molecule has 3 nitrogen and oxygen atoms in total. The van der Waals surface area contributed by atoms with Crippen LogP contribution in [0.3, 0.4) is 0 Å². The van der Waals surface area contributed by atoms with Gasteiger partial charge in [-0.05, 0) is 50.6 Å². The minimum absolute atomic E-state index is 0.142. The maximum Gasteiger partial charge on any atom is 0.226 e. The summed E-state index contributed by atoms with van der Waals surface area (Å²) in [5.41, 5.74) is 2.42. The minimum Gasteiger partial charge on any atom is -0.351 e. The Labute approximate surface area is 140 Å². The molecular weight excluding hydrogens is 284 g/mol. The van der Waals surface area contributed by atoms with Crippen molar-refractivity contribution in [3.63, 3.8) is 0 Å². The van der Waals surface area contributed by atoms with Gasteiger partial charge in [0.2, 0.25) is 5.91 Å². The number of likely N-dealkylation sites (N-methyl/N-ethyl adjacent to an activating group) is 1. The Balaban J connectivity index is 1.65. The normalized spacial score (nSPS) is 26.5. The van der Waals surface area contributed by atoms with E-state index in [1.165, 1.54) is 11.1 Å². The summed E-state index contributed by atoms with van der Waals surface area (Å²) < 4.78 is 0. The molecule has 126 valence electrons. The molecule has 1 aromatic rings. The van der Waals surface area contributed by atoms with Gasteiger partial charge in [-0.15, -0.1) is 0 Å². The van der Waals surface area contributed by atoms with Crippen LogP contribution in [-0.2, 0) is 11.2 Å². The Morgan fingerprint density at radius 3 is 2.70 bits per heavy atom. The molecule has 3 heteroatoms. The molecular formula is C20H30N2O. The molecule has 23 heavy (non-hydrogen) atoms. The number of carbonyl (C=O) groups is 1. The molecule has 0 aromatic heterocycles. The number of hydrogen-bond donors (Lipinski definition) is 1. The first kappa shape index (κ1) is 16.5. The van der Waals surface area contributed by atoms with E-state index in [0.29, 0.717) is 17.9 Å². The van der Waals surface area contributed by atoms with E-state index in [2.05, 4.69) is 62.3 Å². The highest BCUT2D eigenvalue weighted by molar-refractivity contribution is 5.86. The van der Waals surface area contributed by atoms with Crippen molar-refractivity contribution in [1.29, 1.82) is 0 Å². The number of likely N-dealkylation sites (tertiary alicyclic amines) is 1. The Hall–Kier alpha value is -1.35. The number of carbonyl (C=O) groups excluding carboxylic acids is 1. The zero-order valence-corrected chi connectivity index (χ0v) is 14.9. The number of nitrogens with zero attached hydrogens (tertiary/aromatic N) is 1. The SMILES string of the molecule is Cc1cccc(CC2(C(=O)N[C@H]3CN(C)C[C@@H]3C(C)C)CC2)c1. The van der Waals surface area contributed by atoms with Crippen molar-refractivity contribution in [2.24, 2.45) is 17.3 Å². The summed E-state index contributed by atoms with van der Waals surface area (Å²) in [5, 5.41) is 3.40. The lowest BCUT2D eigenvalue weighted by atomic mass is 9.89. The van der Waals surface area contributed by atoms with Gasteiger partial charge in [0.1, 0.15) is 0 Å². The van der Waals surface area contributed by atoms with Crippen LogP contribution in [-0.4, -0.2) is 37.0 Å². The minimum atomic E-state index is -0.142. The topological polar surface area (TPSA) is 32.3 Å². The molecule has 1 N–H and O–H groups in total. The van der Waals surface area contributed by atoms with E-state index in [1.54, 1.807) is 0 Å². The summed E-state index contributed by atoms with van der Waals surface area (Å²) in [7, 11) is 2.15. The largest absolute Gasteiger partial charge is 0.351 e. The number of rotatable bonds is 5. The van der Waals surface area contributed by atoms with Gasteiger partial charge in [0.25, 0.3) is 0 Å². The summed E-state index contributed by atoms with van der Waals surface area (Å²) >= 11 is 0. The van der Waals surface area contributed by atoms with Gasteiger partial charge < -0.3 is 10.2 Å². The van der Waals surface area contributed by atoms with Crippen molar-refractivity contribution in [3.8, 4) is 0 Å². The molecule has 2 fully saturated rings. The van der Waals surface area contributed by atoms with Gasteiger partial charge in [0, 0.05) is 19.1 Å². The summed E-state index contributed by atoms with van der Waals surface area (Å²) in [6, 6.07) is 8.89. The molecule has 0 bridgehead atoms. The van der Waals surface area contributed by atoms with Crippen LogP contribution in [0, 0.1) is 24.2 Å². The van der Waals surface area contributed by atoms with E-state index >= 15 is 0 Å². The average molecular weight is 314 g/mol. The predicted octanol–water partition coefficient (Wildman–Crippen LogP) is 3.02. The summed E-state index contributed by atoms with van der Waals surface area (Å²) in [4.78, 5) is 15.3. The predicted molar refractivity (Wildman–Crippen MR) is 94.3 cm³/mol. The Bertz CT molecular complexity index is 577. The highest BCUT2D eigenvalue weighted by Crippen LogP contribution is 2.49. The fourth-order valence-corrected chi connectivity index (χ4v) is 4.03. The van der Waals surface area contributed by atoms with Crippen LogP contribution < -0.4 is 5.32 Å². The van der Waals surface area contributed by atoms with E-state index in [0.717, 1.165) is 32.4 Å². The average Bonchev–Trinajstić information content (AvgIpc) is 3.15. The summed E-state index contributed by atoms with van der Waals surface area (Å²) in [5.74, 6) is 1.46. The summed E-state index contributed by atoms with van der Waals surface area (Å²) in [6.45, 7) is 8.72. The molecule has 0 radical (unpaired) electrons. The second-order valence-electron chi connectivity index (χ2n) is 8.16. The van der Waals surface area contributed by atoms with Gasteiger partial charge in [0.05, 0.1) is 5.41 Å². The lowest BCUT2D eigenvalue weighted by Crippen LogP contribution is -2.45. The zero-order chi connectivity index (χ0) is 16.6. The van der Waals surface area contributed by atoms with E-state index in [-0.39, 0.29) is 11.3 Å². The quantitative estimate of drug-likeness (QED) is 0.906. The lowest BCUT2D eigenvalue weighted by Gasteiger charge is -2.25. The van der Waals surface area contributed by atoms with E-state index in [4.69, 9.17) is 0 Å². The molecule has 1 aromatic carbocycles. The van der Waals surface area contributed by atoms with E-state index in [9.17, 15) is 4.79 Å². The molecule has 2 atom stereocenters. The van der Waals surface area contributed by atoms with Crippen molar-refractivity contribution < 1.29 is 4.79 Å². The highest BCUT2D eigenvalue weighted by Gasteiger charge is 2.50. The van der Waals surface area contributed by atoms with Gasteiger partial charge >= 0.3 is 0 Å². The number of hydrogen-bond acceptors (Lipinski definition) is 2. The Morgan fingerprint density at radius 2 is 2.09 bits per heavy atom. The van der Waals surface area contributed by atoms with E-state index < -0.39 is 0 Å². The maximum absolute atomic E-state index is 12.9. The first-order valence-electron chi connectivity index (χ1n) is 8.95. The van der Waals surface area contributed by atoms with Gasteiger partial charge in [0.15, 0.2) is 0 Å². The van der Waals surface area contributed by atoms with Crippen LogP contribution in [0.4, 0.5) is 0 Å². The smallest absolute Gasteiger partial charge is 0.226 e. The van der Waals surface area contributed by atoms with Crippen LogP contribution in [0.15, 0.2) is 24.3 Å². The molecule has 2 aliphatic rings. The van der Waals surface area contributed by atoms with Crippen molar-refractivity contribution in [1.82, 2.24) is 10.2 Å². The third kappa shape index (κ3) is 3.60. The van der Waals surface area contributed by atoms with Crippen LogP contribution in [0.1, 0.15) is 37.8 Å². The molecule has 1 aliphatic heterocycles. The fraction of sp³-hybridized carbons (Fsp3) is 0.650. The first-order chi connectivity index (χ1) is 10.9. The zero-order valence-electron chi connectivity index (χ0n) is 14.9. The van der Waals surface area contributed by atoms with Gasteiger partial charge in [-0.1, -0.05) is 43.7 Å². The molecule has 0 spiro atoms. The Kier molecular flexibility index (Phi) is 4.50. The van der Waals surface area contributed by atoms with Gasteiger partial charge in [-0.3, -0.25) is 4.79 Å². The molecule has 3 rings (SSSR count). The van der Waals surface area contributed by atoms with Crippen LogP contribution in [0.25, 0.3) is 0 Å². The molecule has 1 aliphatic carbocycles. The standard InChI is InChI=1S/C20H30N2O/c1-14(2)17-12-22(4)13-18(17)21-19(23)20(8-9-20)11-16-7-5-6-15(3)10-16/h5-7,10,14,17-18H,8-9,11-13H2,1-4H3,(H,21,23)/t17-,18+/m1/s1. The maximum atomic E-state index is 12.9. The fourth-order valence-electron chi connectivity index (χ4n) is 4.03. The van der Waals surface area contributed by atoms with Crippen molar-refractivity contribution >= 4 is 5.91 Å². The number of benzene rings is 1. The third-order valence-corrected chi connectivity index (χ3v) is 5.68. The van der Waals surface area contributed by atoms with Gasteiger partial charge in [-0.2, -0.15) is 0 Å². The first-order valence-corrected chi connectivity index (χ1v) is 8.95. The number of amides is 1. The molecule has 1 amide bonds. The van der Waals surface area contributed by atoms with E-state index in [1.807, 2.05) is 0 Å². The number of nitrogens with one attached hydrogen (secondary N) is 1. The highest BCUT2D eigenvalue weighted by atomic mass is 16.2. The van der Waals surface area contributed by atoms with Crippen LogP contribution in [0.5, 0.6) is 0 Å². The third-order valence-electron chi connectivity index (χ3n) is 5.68. The molecule has 1 saturated heterocycles. The van der Waals surface area contributed by atoms with Gasteiger partial charge in [-0.25, -0.2) is 0 Å². The summed E-state index contributed by atoms with van der Waals surface area (Å²) in [6.07, 6.45) is 2.94. The molecule has 0 unspecified atom stereocenters. The second-order valence-corrected chi connectivity index (χ2v) is 8.16. The monoisotopic (exact) mass is 314 g/mol. The van der Waals surface area contributed by atoms with Crippen molar-refractivity contribution in [2.45, 2.75) is 46.1 Å². The number of aryl methyl sites for hydroxylation is 1. The van der Waals surface area contributed by atoms with Crippen molar-refractivity contribution in [2.75, 3.05) is 20.1 Å². The molecule has 1 heterocycles. The Morgan fingerprint density at radius 1 is 1.35 bits per heavy atom. The second kappa shape index (κ2) is 6.27. The molecule has 1 saturated carbocycles. The van der Waals surface area contributed by atoms with Crippen LogP contribution >= 0.6 is 0 Å². The van der Waals surface area contributed by atoms with Crippen LogP contribution in [0.2, 0.25) is 0 Å². The van der Waals surface area contributed by atoms with Crippen molar-refractivity contribution in [3.05, 3.63) is 35.4 Å². The lowest BCUT2D eigenvalue weighted by molar-refractivity contribution is -0.127.